The van der Waals surface area contributed by atoms with Crippen LogP contribution in [0.4, 0.5) is 0 Å². The van der Waals surface area contributed by atoms with E-state index < -0.39 is 0 Å². The van der Waals surface area contributed by atoms with E-state index in [9.17, 15) is 0 Å². The van der Waals surface area contributed by atoms with Crippen LogP contribution in [0.15, 0.2) is 36.8 Å². The number of hydrogen-bond donors (Lipinski definition) is 0. The molecule has 0 aliphatic heterocycles. The van der Waals surface area contributed by atoms with E-state index in [0.29, 0.717) is 12.5 Å². The van der Waals surface area contributed by atoms with Gasteiger partial charge in [-0.25, -0.2) is 9.67 Å². The molecule has 3 heterocycles. The lowest BCUT2D eigenvalue weighted by Gasteiger charge is -2.16. The van der Waals surface area contributed by atoms with E-state index in [0.717, 1.165) is 17.0 Å². The summed E-state index contributed by atoms with van der Waals surface area (Å²) in [6.07, 6.45) is 5.34. The molecule has 0 unspecified atom stereocenters. The van der Waals surface area contributed by atoms with Gasteiger partial charge in [-0.2, -0.15) is 5.10 Å². The minimum absolute atomic E-state index is 0.0973. The standard InChI is InChI=1S/C15H18N6O2/c1-20-13(6-7-17-20)14(10-22-2)21-9-12(18-19-21)11-4-5-15(23-3)16-8-11/h4-9,14H,10H2,1-3H3/t14-/m0/s1. The first-order valence-corrected chi connectivity index (χ1v) is 7.12. The van der Waals surface area contributed by atoms with Crippen molar-refractivity contribution in [3.63, 3.8) is 0 Å². The molecule has 0 aliphatic carbocycles. The Bertz CT molecular complexity index is 764. The van der Waals surface area contributed by atoms with Crippen LogP contribution in [0.5, 0.6) is 5.88 Å². The van der Waals surface area contributed by atoms with Gasteiger partial charge < -0.3 is 9.47 Å². The quantitative estimate of drug-likeness (QED) is 0.682. The largest absolute Gasteiger partial charge is 0.481 e. The maximum absolute atomic E-state index is 5.32. The van der Waals surface area contributed by atoms with Crippen molar-refractivity contribution in [1.82, 2.24) is 29.8 Å². The van der Waals surface area contributed by atoms with Crippen LogP contribution >= 0.6 is 0 Å². The fraction of sp³-hybridized carbons (Fsp3) is 0.333. The van der Waals surface area contributed by atoms with Gasteiger partial charge in [-0.05, 0) is 12.1 Å². The van der Waals surface area contributed by atoms with Crippen molar-refractivity contribution < 1.29 is 9.47 Å². The van der Waals surface area contributed by atoms with Gasteiger partial charge in [0.25, 0.3) is 0 Å². The number of pyridine rings is 1. The van der Waals surface area contributed by atoms with Crippen LogP contribution in [0.2, 0.25) is 0 Å². The summed E-state index contributed by atoms with van der Waals surface area (Å²) in [6, 6.07) is 5.54. The van der Waals surface area contributed by atoms with E-state index >= 15 is 0 Å². The van der Waals surface area contributed by atoms with E-state index in [1.807, 2.05) is 25.4 Å². The SMILES string of the molecule is COC[C@@H](c1ccnn1C)n1cc(-c2ccc(OC)nc2)nn1. The summed E-state index contributed by atoms with van der Waals surface area (Å²) in [5.41, 5.74) is 2.61. The molecule has 0 spiro atoms. The number of hydrogen-bond acceptors (Lipinski definition) is 6. The topological polar surface area (TPSA) is 79.9 Å². The van der Waals surface area contributed by atoms with Crippen LogP contribution in [0.3, 0.4) is 0 Å². The Morgan fingerprint density at radius 1 is 1.22 bits per heavy atom. The predicted molar refractivity (Wildman–Crippen MR) is 83.0 cm³/mol. The minimum Gasteiger partial charge on any atom is -0.481 e. The van der Waals surface area contributed by atoms with Crippen molar-refractivity contribution >= 4 is 0 Å². The first-order valence-electron chi connectivity index (χ1n) is 7.12. The summed E-state index contributed by atoms with van der Waals surface area (Å²) in [5.74, 6) is 0.563. The lowest BCUT2D eigenvalue weighted by Crippen LogP contribution is -2.19. The zero-order valence-corrected chi connectivity index (χ0v) is 13.2. The van der Waals surface area contributed by atoms with Gasteiger partial charge in [0.2, 0.25) is 5.88 Å². The Hall–Kier alpha value is -2.74. The molecule has 23 heavy (non-hydrogen) atoms. The van der Waals surface area contributed by atoms with Gasteiger partial charge in [-0.3, -0.25) is 4.68 Å². The normalized spacial score (nSPS) is 12.3. The number of aromatic nitrogens is 6. The lowest BCUT2D eigenvalue weighted by molar-refractivity contribution is 0.160. The van der Waals surface area contributed by atoms with E-state index in [4.69, 9.17) is 9.47 Å². The number of ether oxygens (including phenoxy) is 2. The molecule has 3 rings (SSSR count). The molecule has 0 saturated carbocycles. The van der Waals surface area contributed by atoms with Crippen molar-refractivity contribution in [1.29, 1.82) is 0 Å². The zero-order valence-electron chi connectivity index (χ0n) is 13.2. The van der Waals surface area contributed by atoms with Crippen LogP contribution in [-0.4, -0.2) is 50.6 Å². The molecule has 8 nitrogen and oxygen atoms in total. The molecule has 0 N–H and O–H groups in total. The molecular weight excluding hydrogens is 296 g/mol. The average molecular weight is 314 g/mol. The van der Waals surface area contributed by atoms with Crippen molar-refractivity contribution in [2.45, 2.75) is 6.04 Å². The second-order valence-corrected chi connectivity index (χ2v) is 5.02. The van der Waals surface area contributed by atoms with Crippen molar-refractivity contribution in [2.75, 3.05) is 20.8 Å². The third-order valence-electron chi connectivity index (χ3n) is 3.60. The van der Waals surface area contributed by atoms with Crippen molar-refractivity contribution in [2.24, 2.45) is 7.05 Å². The van der Waals surface area contributed by atoms with E-state index in [-0.39, 0.29) is 6.04 Å². The third-order valence-corrected chi connectivity index (χ3v) is 3.60. The number of rotatable bonds is 6. The van der Waals surface area contributed by atoms with Gasteiger partial charge in [0, 0.05) is 38.2 Å². The second kappa shape index (κ2) is 6.57. The molecule has 1 atom stereocenters. The third kappa shape index (κ3) is 3.07. The van der Waals surface area contributed by atoms with Crippen LogP contribution < -0.4 is 4.74 Å². The molecule has 3 aromatic rings. The second-order valence-electron chi connectivity index (χ2n) is 5.02. The Morgan fingerprint density at radius 3 is 2.70 bits per heavy atom. The highest BCUT2D eigenvalue weighted by Gasteiger charge is 2.19. The van der Waals surface area contributed by atoms with Crippen molar-refractivity contribution in [3.05, 3.63) is 42.5 Å². The van der Waals surface area contributed by atoms with E-state index in [1.54, 1.807) is 42.0 Å². The molecule has 0 amide bonds. The van der Waals surface area contributed by atoms with E-state index in [2.05, 4.69) is 20.4 Å². The summed E-state index contributed by atoms with van der Waals surface area (Å²) in [6.45, 7) is 0.475. The maximum Gasteiger partial charge on any atom is 0.212 e. The van der Waals surface area contributed by atoms with Gasteiger partial charge in [0.15, 0.2) is 0 Å². The first kappa shape index (κ1) is 15.2. The van der Waals surface area contributed by atoms with Gasteiger partial charge in [0.1, 0.15) is 11.7 Å². The predicted octanol–water partition coefficient (Wildman–Crippen LogP) is 1.32. The fourth-order valence-corrected chi connectivity index (χ4v) is 2.38. The Labute approximate surface area is 133 Å². The molecule has 0 saturated heterocycles. The molecule has 120 valence electrons. The minimum atomic E-state index is -0.0973. The average Bonchev–Trinajstić information content (AvgIpc) is 3.22. The first-order chi connectivity index (χ1) is 11.2. The summed E-state index contributed by atoms with van der Waals surface area (Å²) in [5, 5.41) is 12.7. The Morgan fingerprint density at radius 2 is 2.09 bits per heavy atom. The summed E-state index contributed by atoms with van der Waals surface area (Å²) < 4.78 is 14.0. The smallest absolute Gasteiger partial charge is 0.212 e. The Balaban J connectivity index is 1.90. The highest BCUT2D eigenvalue weighted by molar-refractivity contribution is 5.56. The highest BCUT2D eigenvalue weighted by Crippen LogP contribution is 2.22. The summed E-state index contributed by atoms with van der Waals surface area (Å²) in [7, 11) is 5.14. The lowest BCUT2D eigenvalue weighted by atomic mass is 10.2. The van der Waals surface area contributed by atoms with Crippen LogP contribution in [0.25, 0.3) is 11.3 Å². The van der Waals surface area contributed by atoms with Crippen LogP contribution in [0.1, 0.15) is 11.7 Å². The van der Waals surface area contributed by atoms with Crippen molar-refractivity contribution in [3.8, 4) is 17.1 Å². The van der Waals surface area contributed by atoms with E-state index in [1.165, 1.54) is 0 Å². The molecular formula is C15H18N6O2. The molecule has 0 bridgehead atoms. The summed E-state index contributed by atoms with van der Waals surface area (Å²) >= 11 is 0. The zero-order chi connectivity index (χ0) is 16.2. The van der Waals surface area contributed by atoms with Gasteiger partial charge in [-0.15, -0.1) is 5.10 Å². The van der Waals surface area contributed by atoms with Gasteiger partial charge in [-0.1, -0.05) is 5.21 Å². The van der Waals surface area contributed by atoms with Crippen LogP contribution in [-0.2, 0) is 11.8 Å². The number of aryl methyl sites for hydroxylation is 1. The molecule has 8 heteroatoms. The molecule has 0 aliphatic rings. The van der Waals surface area contributed by atoms with Gasteiger partial charge >= 0.3 is 0 Å². The molecule has 0 radical (unpaired) electrons. The molecule has 0 aromatic carbocycles. The number of methoxy groups -OCH3 is 2. The molecule has 0 fully saturated rings. The number of nitrogens with zero attached hydrogens (tertiary/aromatic N) is 6. The monoisotopic (exact) mass is 314 g/mol. The maximum atomic E-state index is 5.32. The fourth-order valence-electron chi connectivity index (χ4n) is 2.38. The Kier molecular flexibility index (Phi) is 4.33. The summed E-state index contributed by atoms with van der Waals surface area (Å²) in [4.78, 5) is 4.19. The highest BCUT2D eigenvalue weighted by atomic mass is 16.5. The molecule has 3 aromatic heterocycles. The van der Waals surface area contributed by atoms with Gasteiger partial charge in [0.05, 0.1) is 25.6 Å². The van der Waals surface area contributed by atoms with Crippen LogP contribution in [0, 0.1) is 0 Å².